The Bertz CT molecular complexity index is 556. The Hall–Kier alpha value is -2.07. The molecule has 21 heavy (non-hydrogen) atoms. The second-order valence-electron chi connectivity index (χ2n) is 4.97. The maximum absolute atomic E-state index is 6.02. The molecule has 1 aromatic carbocycles. The fourth-order valence-electron chi connectivity index (χ4n) is 2.28. The Labute approximate surface area is 125 Å². The van der Waals surface area contributed by atoms with E-state index in [1.807, 2.05) is 49.6 Å². The zero-order valence-electron chi connectivity index (χ0n) is 12.6. The van der Waals surface area contributed by atoms with Crippen LogP contribution in [-0.2, 0) is 6.42 Å². The Morgan fingerprint density at radius 2 is 1.86 bits per heavy atom. The van der Waals surface area contributed by atoms with Crippen molar-refractivity contribution >= 4 is 0 Å². The fraction of sp³-hybridized carbons (Fsp3) is 0.353. The van der Waals surface area contributed by atoms with Gasteiger partial charge in [0.2, 0.25) is 0 Å². The highest BCUT2D eigenvalue weighted by Crippen LogP contribution is 2.32. The summed E-state index contributed by atoms with van der Waals surface area (Å²) in [6, 6.07) is 9.69. The summed E-state index contributed by atoms with van der Waals surface area (Å²) >= 11 is 0. The molecule has 0 aliphatic rings. The number of aryl methyl sites for hydroxylation is 1. The highest BCUT2D eigenvalue weighted by atomic mass is 16.5. The van der Waals surface area contributed by atoms with E-state index in [0.29, 0.717) is 6.61 Å². The van der Waals surface area contributed by atoms with E-state index in [-0.39, 0.29) is 6.04 Å². The van der Waals surface area contributed by atoms with E-state index in [1.54, 1.807) is 7.11 Å². The monoisotopic (exact) mass is 286 g/mol. The minimum absolute atomic E-state index is 0.128. The molecular weight excluding hydrogens is 264 g/mol. The van der Waals surface area contributed by atoms with Crippen molar-refractivity contribution in [2.45, 2.75) is 25.8 Å². The smallest absolute Gasteiger partial charge is 0.127 e. The SMILES string of the molecule is COc1cccc(OCCCc2ccncc2)c1[C@H](C)N. The van der Waals surface area contributed by atoms with Crippen LogP contribution in [0, 0.1) is 0 Å². The van der Waals surface area contributed by atoms with Crippen LogP contribution in [0.15, 0.2) is 42.7 Å². The number of ether oxygens (including phenoxy) is 2. The van der Waals surface area contributed by atoms with Crippen LogP contribution < -0.4 is 15.2 Å². The van der Waals surface area contributed by atoms with Crippen LogP contribution in [-0.4, -0.2) is 18.7 Å². The summed E-state index contributed by atoms with van der Waals surface area (Å²) in [5.74, 6) is 1.58. The highest BCUT2D eigenvalue weighted by Gasteiger charge is 2.14. The van der Waals surface area contributed by atoms with Crippen LogP contribution in [0.2, 0.25) is 0 Å². The average molecular weight is 286 g/mol. The quantitative estimate of drug-likeness (QED) is 0.794. The number of rotatable bonds is 7. The summed E-state index contributed by atoms with van der Waals surface area (Å²) in [5.41, 5.74) is 8.21. The van der Waals surface area contributed by atoms with Crippen LogP contribution in [0.4, 0.5) is 0 Å². The maximum Gasteiger partial charge on any atom is 0.127 e. The number of aromatic nitrogens is 1. The molecule has 4 heteroatoms. The van der Waals surface area contributed by atoms with Crippen molar-refractivity contribution < 1.29 is 9.47 Å². The zero-order chi connectivity index (χ0) is 15.1. The van der Waals surface area contributed by atoms with E-state index in [1.165, 1.54) is 5.56 Å². The third kappa shape index (κ3) is 4.20. The lowest BCUT2D eigenvalue weighted by atomic mass is 10.1. The fourth-order valence-corrected chi connectivity index (χ4v) is 2.28. The lowest BCUT2D eigenvalue weighted by Crippen LogP contribution is -2.10. The molecule has 2 rings (SSSR count). The van der Waals surface area contributed by atoms with Gasteiger partial charge >= 0.3 is 0 Å². The summed E-state index contributed by atoms with van der Waals surface area (Å²) in [6.45, 7) is 2.58. The van der Waals surface area contributed by atoms with Crippen LogP contribution >= 0.6 is 0 Å². The molecule has 1 atom stereocenters. The van der Waals surface area contributed by atoms with Crippen molar-refractivity contribution in [3.63, 3.8) is 0 Å². The Morgan fingerprint density at radius 3 is 2.52 bits per heavy atom. The van der Waals surface area contributed by atoms with Gasteiger partial charge in [-0.25, -0.2) is 0 Å². The molecule has 1 heterocycles. The molecule has 0 radical (unpaired) electrons. The first-order chi connectivity index (χ1) is 10.2. The Kier molecular flexibility index (Phi) is 5.58. The van der Waals surface area contributed by atoms with Crippen molar-refractivity contribution in [3.05, 3.63) is 53.9 Å². The lowest BCUT2D eigenvalue weighted by Gasteiger charge is -2.17. The van der Waals surface area contributed by atoms with Gasteiger partial charge in [-0.2, -0.15) is 0 Å². The number of nitrogens with zero attached hydrogens (tertiary/aromatic N) is 1. The molecule has 0 saturated carbocycles. The lowest BCUT2D eigenvalue weighted by molar-refractivity contribution is 0.302. The molecule has 0 fully saturated rings. The van der Waals surface area contributed by atoms with Crippen LogP contribution in [0.25, 0.3) is 0 Å². The average Bonchev–Trinajstić information content (AvgIpc) is 2.52. The van der Waals surface area contributed by atoms with E-state index < -0.39 is 0 Å². The topological polar surface area (TPSA) is 57.4 Å². The van der Waals surface area contributed by atoms with E-state index in [4.69, 9.17) is 15.2 Å². The number of hydrogen-bond acceptors (Lipinski definition) is 4. The number of nitrogens with two attached hydrogens (primary N) is 1. The first kappa shape index (κ1) is 15.3. The number of pyridine rings is 1. The minimum atomic E-state index is -0.128. The summed E-state index contributed by atoms with van der Waals surface area (Å²) in [5, 5.41) is 0. The normalized spacial score (nSPS) is 12.0. The van der Waals surface area contributed by atoms with Crippen molar-refractivity contribution in [3.8, 4) is 11.5 Å². The van der Waals surface area contributed by atoms with Gasteiger partial charge in [0.05, 0.1) is 19.3 Å². The van der Waals surface area contributed by atoms with Crippen molar-refractivity contribution in [1.82, 2.24) is 4.98 Å². The summed E-state index contributed by atoms with van der Waals surface area (Å²) < 4.78 is 11.2. The molecule has 0 bridgehead atoms. The second kappa shape index (κ2) is 7.64. The number of methoxy groups -OCH3 is 1. The molecule has 112 valence electrons. The van der Waals surface area contributed by atoms with Gasteiger partial charge in [0.25, 0.3) is 0 Å². The molecule has 4 nitrogen and oxygen atoms in total. The second-order valence-corrected chi connectivity index (χ2v) is 4.97. The summed E-state index contributed by atoms with van der Waals surface area (Å²) in [7, 11) is 1.65. The molecule has 1 aromatic heterocycles. The third-order valence-electron chi connectivity index (χ3n) is 3.32. The largest absolute Gasteiger partial charge is 0.496 e. The molecule has 2 N–H and O–H groups in total. The van der Waals surface area contributed by atoms with Crippen molar-refractivity contribution in [1.29, 1.82) is 0 Å². The first-order valence-electron chi connectivity index (χ1n) is 7.16. The predicted octanol–water partition coefficient (Wildman–Crippen LogP) is 3.12. The molecule has 0 unspecified atom stereocenters. The van der Waals surface area contributed by atoms with Gasteiger partial charge in [-0.05, 0) is 49.6 Å². The number of hydrogen-bond donors (Lipinski definition) is 1. The van der Waals surface area contributed by atoms with Gasteiger partial charge in [-0.3, -0.25) is 4.98 Å². The standard InChI is InChI=1S/C17H22N2O2/c1-13(18)17-15(20-2)6-3-7-16(17)21-12-4-5-14-8-10-19-11-9-14/h3,6-11,13H,4-5,12,18H2,1-2H3/t13-/m0/s1. The van der Waals surface area contributed by atoms with Gasteiger partial charge < -0.3 is 15.2 Å². The van der Waals surface area contributed by atoms with E-state index in [0.717, 1.165) is 29.9 Å². The molecule has 0 aliphatic heterocycles. The van der Waals surface area contributed by atoms with Crippen molar-refractivity contribution in [2.24, 2.45) is 5.73 Å². The Balaban J connectivity index is 1.94. The molecule has 2 aromatic rings. The minimum Gasteiger partial charge on any atom is -0.496 e. The van der Waals surface area contributed by atoms with Gasteiger partial charge in [0.15, 0.2) is 0 Å². The molecule has 0 saturated heterocycles. The first-order valence-corrected chi connectivity index (χ1v) is 7.16. The van der Waals surface area contributed by atoms with E-state index in [9.17, 15) is 0 Å². The number of benzene rings is 1. The maximum atomic E-state index is 6.02. The molecule has 0 amide bonds. The van der Waals surface area contributed by atoms with Gasteiger partial charge in [0.1, 0.15) is 11.5 Å². The highest BCUT2D eigenvalue weighted by molar-refractivity contribution is 5.46. The zero-order valence-corrected chi connectivity index (χ0v) is 12.6. The van der Waals surface area contributed by atoms with Gasteiger partial charge in [-0.15, -0.1) is 0 Å². The predicted molar refractivity (Wildman–Crippen MR) is 83.6 cm³/mol. The van der Waals surface area contributed by atoms with E-state index in [2.05, 4.69) is 4.98 Å². The van der Waals surface area contributed by atoms with E-state index >= 15 is 0 Å². The Morgan fingerprint density at radius 1 is 1.14 bits per heavy atom. The van der Waals surface area contributed by atoms with Gasteiger partial charge in [-0.1, -0.05) is 6.07 Å². The van der Waals surface area contributed by atoms with Crippen LogP contribution in [0.3, 0.4) is 0 Å². The van der Waals surface area contributed by atoms with Gasteiger partial charge in [0, 0.05) is 18.4 Å². The summed E-state index contributed by atoms with van der Waals surface area (Å²) in [4.78, 5) is 4.01. The summed E-state index contributed by atoms with van der Waals surface area (Å²) in [6.07, 6.45) is 5.54. The molecular formula is C17H22N2O2. The van der Waals surface area contributed by atoms with Crippen molar-refractivity contribution in [2.75, 3.05) is 13.7 Å². The molecule has 0 aliphatic carbocycles. The van der Waals surface area contributed by atoms with Crippen LogP contribution in [0.5, 0.6) is 11.5 Å². The van der Waals surface area contributed by atoms with Crippen LogP contribution in [0.1, 0.15) is 30.5 Å². The molecule has 0 spiro atoms. The third-order valence-corrected chi connectivity index (χ3v) is 3.32.